The Morgan fingerprint density at radius 3 is 2.77 bits per heavy atom. The lowest BCUT2D eigenvalue weighted by atomic mass is 9.54. The number of rotatable bonds is 0. The topological polar surface area (TPSA) is 61.1 Å². The molecule has 2 saturated carbocycles. The number of ketones is 1. The molecule has 4 aliphatic carbocycles. The van der Waals surface area contributed by atoms with Crippen molar-refractivity contribution in [3.63, 3.8) is 0 Å². The molecule has 0 bridgehead atoms. The number of fused-ring (bicyclic) bond motifs is 4. The predicted molar refractivity (Wildman–Crippen MR) is 82.7 cm³/mol. The minimum absolute atomic E-state index is 0.0543. The molecule has 2 fully saturated rings. The Kier molecular flexibility index (Phi) is 3.07. The largest absolute Gasteiger partial charge is 0.375 e. The smallest absolute Gasteiger partial charge is 0.155 e. The van der Waals surface area contributed by atoms with Crippen LogP contribution in [0, 0.1) is 34.5 Å². The summed E-state index contributed by atoms with van der Waals surface area (Å²) in [6.07, 6.45) is 8.25. The molecule has 1 unspecified atom stereocenters. The van der Waals surface area contributed by atoms with Crippen LogP contribution in [0.3, 0.4) is 0 Å². The maximum atomic E-state index is 12.3. The standard InChI is InChI=1S/C19H25NO2/c1-18-8-6-14-13-7-9-19(22,11-20)10-12(13)2-3-15(14)16(18)4-5-17(18)21/h14-16,22H,2-10H2,1H3/t14-,15-,16+,18+,19?/m1/s1. The van der Waals surface area contributed by atoms with Gasteiger partial charge in [-0.1, -0.05) is 18.1 Å². The van der Waals surface area contributed by atoms with Gasteiger partial charge in [-0.05, 0) is 62.7 Å². The first kappa shape index (κ1) is 14.5. The number of nitrogens with zero attached hydrogens (tertiary/aromatic N) is 1. The van der Waals surface area contributed by atoms with Gasteiger partial charge >= 0.3 is 0 Å². The van der Waals surface area contributed by atoms with Crippen LogP contribution in [0.15, 0.2) is 11.1 Å². The Morgan fingerprint density at radius 2 is 2.00 bits per heavy atom. The predicted octanol–water partition coefficient (Wildman–Crippen LogP) is 3.53. The molecule has 0 spiro atoms. The van der Waals surface area contributed by atoms with E-state index in [4.69, 9.17) is 0 Å². The van der Waals surface area contributed by atoms with Crippen molar-refractivity contribution in [1.29, 1.82) is 5.26 Å². The highest BCUT2D eigenvalue weighted by molar-refractivity contribution is 5.87. The highest BCUT2D eigenvalue weighted by Gasteiger charge is 2.55. The number of nitriles is 1. The van der Waals surface area contributed by atoms with E-state index in [0.29, 0.717) is 36.4 Å². The van der Waals surface area contributed by atoms with Gasteiger partial charge in [-0.3, -0.25) is 4.79 Å². The third-order valence-electron chi connectivity index (χ3n) is 7.35. The molecule has 0 aromatic rings. The first-order chi connectivity index (χ1) is 10.5. The van der Waals surface area contributed by atoms with Gasteiger partial charge in [0.15, 0.2) is 5.60 Å². The van der Waals surface area contributed by atoms with Gasteiger partial charge in [-0.25, -0.2) is 0 Å². The molecule has 3 nitrogen and oxygen atoms in total. The third kappa shape index (κ3) is 1.86. The van der Waals surface area contributed by atoms with Crippen LogP contribution in [0.5, 0.6) is 0 Å². The van der Waals surface area contributed by atoms with Crippen molar-refractivity contribution in [2.45, 2.75) is 70.3 Å². The van der Waals surface area contributed by atoms with Crippen molar-refractivity contribution in [2.75, 3.05) is 0 Å². The first-order valence-electron chi connectivity index (χ1n) is 8.84. The maximum Gasteiger partial charge on any atom is 0.155 e. The van der Waals surface area contributed by atoms with E-state index in [1.54, 1.807) is 5.57 Å². The number of allylic oxidation sites excluding steroid dienone is 1. The first-order valence-corrected chi connectivity index (χ1v) is 8.84. The summed E-state index contributed by atoms with van der Waals surface area (Å²) in [6.45, 7) is 2.21. The zero-order chi connectivity index (χ0) is 15.5. The lowest BCUT2D eigenvalue weighted by Gasteiger charge is -2.50. The Balaban J connectivity index is 1.64. The van der Waals surface area contributed by atoms with Crippen LogP contribution in [0.25, 0.3) is 0 Å². The molecule has 0 amide bonds. The summed E-state index contributed by atoms with van der Waals surface area (Å²) in [5.74, 6) is 2.36. The molecule has 118 valence electrons. The van der Waals surface area contributed by atoms with Gasteiger partial charge in [-0.15, -0.1) is 0 Å². The molecule has 0 radical (unpaired) electrons. The lowest BCUT2D eigenvalue weighted by Crippen LogP contribution is -2.45. The molecule has 3 heteroatoms. The highest BCUT2D eigenvalue weighted by atomic mass is 16.3. The average molecular weight is 299 g/mol. The Bertz CT molecular complexity index is 601. The van der Waals surface area contributed by atoms with Crippen LogP contribution in [0.2, 0.25) is 0 Å². The molecule has 0 saturated heterocycles. The van der Waals surface area contributed by atoms with E-state index in [1.807, 2.05) is 0 Å². The minimum Gasteiger partial charge on any atom is -0.375 e. The van der Waals surface area contributed by atoms with E-state index in [-0.39, 0.29) is 5.41 Å². The second-order valence-corrected chi connectivity index (χ2v) is 8.28. The van der Waals surface area contributed by atoms with E-state index in [2.05, 4.69) is 13.0 Å². The van der Waals surface area contributed by atoms with Gasteiger partial charge in [0.1, 0.15) is 5.78 Å². The fraction of sp³-hybridized carbons (Fsp3) is 0.789. The van der Waals surface area contributed by atoms with Gasteiger partial charge in [-0.2, -0.15) is 5.26 Å². The van der Waals surface area contributed by atoms with Gasteiger partial charge < -0.3 is 5.11 Å². The fourth-order valence-electron chi connectivity index (χ4n) is 6.10. The number of Topliss-reactive ketones (excluding diaryl/α,β-unsaturated/α-hetero) is 1. The van der Waals surface area contributed by atoms with E-state index >= 15 is 0 Å². The summed E-state index contributed by atoms with van der Waals surface area (Å²) in [7, 11) is 0. The molecular weight excluding hydrogens is 274 g/mol. The number of aliphatic hydroxyl groups is 1. The van der Waals surface area contributed by atoms with Gasteiger partial charge in [0, 0.05) is 18.3 Å². The lowest BCUT2D eigenvalue weighted by molar-refractivity contribution is -0.129. The highest BCUT2D eigenvalue weighted by Crippen LogP contribution is 2.60. The van der Waals surface area contributed by atoms with E-state index in [9.17, 15) is 15.2 Å². The van der Waals surface area contributed by atoms with Gasteiger partial charge in [0.25, 0.3) is 0 Å². The Hall–Kier alpha value is -1.14. The third-order valence-corrected chi connectivity index (χ3v) is 7.35. The molecule has 0 aromatic carbocycles. The van der Waals surface area contributed by atoms with Gasteiger partial charge in [0.05, 0.1) is 6.07 Å². The molecule has 5 atom stereocenters. The average Bonchev–Trinajstić information content (AvgIpc) is 2.82. The van der Waals surface area contributed by atoms with E-state index in [0.717, 1.165) is 44.9 Å². The van der Waals surface area contributed by atoms with Crippen molar-refractivity contribution >= 4 is 5.78 Å². The number of hydrogen-bond acceptors (Lipinski definition) is 3. The Labute approximate surface area is 132 Å². The van der Waals surface area contributed by atoms with Crippen LogP contribution in [-0.2, 0) is 4.79 Å². The molecule has 22 heavy (non-hydrogen) atoms. The van der Waals surface area contributed by atoms with Crippen molar-refractivity contribution < 1.29 is 9.90 Å². The SMILES string of the molecule is C[C@]12CC[C@@H]3C4=C(CC[C@H]3[C@@H]1CCC2=O)CC(O)(C#N)CC4. The molecular formula is C19H25NO2. The van der Waals surface area contributed by atoms with Crippen LogP contribution in [0.4, 0.5) is 0 Å². The van der Waals surface area contributed by atoms with Crippen LogP contribution in [0.1, 0.15) is 64.7 Å². The van der Waals surface area contributed by atoms with E-state index < -0.39 is 5.60 Å². The number of carbonyl (C=O) groups is 1. The van der Waals surface area contributed by atoms with E-state index in [1.165, 1.54) is 5.57 Å². The molecule has 4 rings (SSSR count). The monoisotopic (exact) mass is 299 g/mol. The number of hydrogen-bond donors (Lipinski definition) is 1. The summed E-state index contributed by atoms with van der Waals surface area (Å²) < 4.78 is 0. The fourth-order valence-corrected chi connectivity index (χ4v) is 6.10. The van der Waals surface area contributed by atoms with Crippen molar-refractivity contribution in [3.8, 4) is 6.07 Å². The molecule has 0 aromatic heterocycles. The van der Waals surface area contributed by atoms with Crippen LogP contribution < -0.4 is 0 Å². The van der Waals surface area contributed by atoms with Crippen molar-refractivity contribution in [2.24, 2.45) is 23.2 Å². The van der Waals surface area contributed by atoms with Crippen LogP contribution >= 0.6 is 0 Å². The van der Waals surface area contributed by atoms with Crippen LogP contribution in [-0.4, -0.2) is 16.5 Å². The summed E-state index contributed by atoms with van der Waals surface area (Å²) in [6, 6.07) is 2.11. The quantitative estimate of drug-likeness (QED) is 0.550. The normalized spacial score (nSPS) is 47.5. The Morgan fingerprint density at radius 1 is 1.18 bits per heavy atom. The second kappa shape index (κ2) is 4.68. The summed E-state index contributed by atoms with van der Waals surface area (Å²) in [5.41, 5.74) is 1.74. The molecule has 4 aliphatic rings. The molecule has 0 aliphatic heterocycles. The van der Waals surface area contributed by atoms with Crippen molar-refractivity contribution in [1.82, 2.24) is 0 Å². The molecule has 0 heterocycles. The zero-order valence-electron chi connectivity index (χ0n) is 13.4. The summed E-state index contributed by atoms with van der Waals surface area (Å²) in [5, 5.41) is 19.5. The molecule has 1 N–H and O–H groups in total. The van der Waals surface area contributed by atoms with Crippen molar-refractivity contribution in [3.05, 3.63) is 11.1 Å². The summed E-state index contributed by atoms with van der Waals surface area (Å²) >= 11 is 0. The maximum absolute atomic E-state index is 12.3. The zero-order valence-corrected chi connectivity index (χ0v) is 13.4. The summed E-state index contributed by atoms with van der Waals surface area (Å²) in [4.78, 5) is 12.3. The van der Waals surface area contributed by atoms with Gasteiger partial charge in [0.2, 0.25) is 0 Å². The number of carbonyl (C=O) groups excluding carboxylic acids is 1. The second-order valence-electron chi connectivity index (χ2n) is 8.28. The minimum atomic E-state index is -1.13.